The number of nitrogens with one attached hydrogen (secondary N) is 1. The van der Waals surface area contributed by atoms with Crippen molar-refractivity contribution >= 4 is 15.9 Å². The molecule has 1 amide bonds. The van der Waals surface area contributed by atoms with Crippen LogP contribution in [0.2, 0.25) is 0 Å². The minimum absolute atomic E-state index is 0.00952. The van der Waals surface area contributed by atoms with Crippen molar-refractivity contribution in [3.05, 3.63) is 53.5 Å². The number of aryl methyl sites for hydroxylation is 1. The van der Waals surface area contributed by atoms with Crippen LogP contribution in [0.4, 0.5) is 0 Å². The van der Waals surface area contributed by atoms with Crippen LogP contribution in [0, 0.1) is 6.92 Å². The van der Waals surface area contributed by atoms with Crippen LogP contribution in [0.1, 0.15) is 34.6 Å². The van der Waals surface area contributed by atoms with Crippen LogP contribution in [-0.2, 0) is 10.0 Å². The lowest BCUT2D eigenvalue weighted by atomic mass is 10.1. The Balaban J connectivity index is 2.19. The summed E-state index contributed by atoms with van der Waals surface area (Å²) < 4.78 is 27.8. The maximum atomic E-state index is 12.0. The van der Waals surface area contributed by atoms with E-state index in [-0.39, 0.29) is 22.6 Å². The second-order valence-electron chi connectivity index (χ2n) is 4.75. The number of hydrogen-bond donors (Lipinski definition) is 2. The van der Waals surface area contributed by atoms with Gasteiger partial charge in [0.15, 0.2) is 5.76 Å². The van der Waals surface area contributed by atoms with Gasteiger partial charge in [0.2, 0.25) is 10.0 Å². The van der Waals surface area contributed by atoms with Crippen molar-refractivity contribution in [3.63, 3.8) is 0 Å². The first-order valence-electron chi connectivity index (χ1n) is 6.27. The molecule has 2 rings (SSSR count). The Morgan fingerprint density at radius 1 is 1.33 bits per heavy atom. The second kappa shape index (κ2) is 5.71. The van der Waals surface area contributed by atoms with E-state index in [0.29, 0.717) is 5.56 Å². The zero-order valence-corrected chi connectivity index (χ0v) is 12.5. The van der Waals surface area contributed by atoms with Gasteiger partial charge in [-0.05, 0) is 37.6 Å². The smallest absolute Gasteiger partial charge is 0.287 e. The van der Waals surface area contributed by atoms with E-state index in [1.165, 1.54) is 18.4 Å². The highest BCUT2D eigenvalue weighted by atomic mass is 32.2. The normalized spacial score (nSPS) is 12.9. The van der Waals surface area contributed by atoms with Crippen molar-refractivity contribution in [1.29, 1.82) is 0 Å². The number of nitrogens with two attached hydrogens (primary N) is 1. The van der Waals surface area contributed by atoms with Gasteiger partial charge in [-0.3, -0.25) is 4.79 Å². The van der Waals surface area contributed by atoms with E-state index in [1.54, 1.807) is 32.0 Å². The Bertz CT molecular complexity index is 765. The molecule has 112 valence electrons. The fourth-order valence-electron chi connectivity index (χ4n) is 1.91. The molecule has 1 aromatic heterocycles. The van der Waals surface area contributed by atoms with Gasteiger partial charge in [0.05, 0.1) is 17.2 Å². The van der Waals surface area contributed by atoms with Crippen LogP contribution in [0.5, 0.6) is 0 Å². The van der Waals surface area contributed by atoms with Crippen LogP contribution in [-0.4, -0.2) is 14.3 Å². The zero-order chi connectivity index (χ0) is 15.6. The standard InChI is InChI=1S/C14H16N2O4S/c1-9-6-7-20-13(9)14(17)16-10(2)11-4-3-5-12(8-11)21(15,18)19/h3-8,10H,1-2H3,(H,16,17)(H2,15,18,19). The molecule has 7 heteroatoms. The lowest BCUT2D eigenvalue weighted by Gasteiger charge is -2.14. The van der Waals surface area contributed by atoms with Gasteiger partial charge in [-0.25, -0.2) is 13.6 Å². The number of carbonyl (C=O) groups is 1. The monoisotopic (exact) mass is 308 g/mol. The maximum Gasteiger partial charge on any atom is 0.287 e. The Labute approximate surface area is 123 Å². The predicted molar refractivity (Wildman–Crippen MR) is 77.1 cm³/mol. The first kappa shape index (κ1) is 15.3. The molecule has 0 saturated heterocycles. The molecule has 0 radical (unpaired) electrons. The third kappa shape index (κ3) is 3.50. The largest absolute Gasteiger partial charge is 0.459 e. The van der Waals surface area contributed by atoms with Gasteiger partial charge in [0, 0.05) is 5.56 Å². The van der Waals surface area contributed by atoms with Gasteiger partial charge in [-0.2, -0.15) is 0 Å². The predicted octanol–water partition coefficient (Wildman–Crippen LogP) is 1.73. The van der Waals surface area contributed by atoms with Gasteiger partial charge in [-0.1, -0.05) is 12.1 Å². The molecule has 0 bridgehead atoms. The second-order valence-corrected chi connectivity index (χ2v) is 6.31. The average Bonchev–Trinajstić information content (AvgIpc) is 2.84. The number of furan rings is 1. The third-order valence-corrected chi connectivity index (χ3v) is 4.01. The third-order valence-electron chi connectivity index (χ3n) is 3.10. The molecule has 1 unspecified atom stereocenters. The lowest BCUT2D eigenvalue weighted by Crippen LogP contribution is -2.27. The zero-order valence-electron chi connectivity index (χ0n) is 11.7. The Hall–Kier alpha value is -2.12. The van der Waals surface area contributed by atoms with E-state index < -0.39 is 10.0 Å². The molecule has 0 spiro atoms. The SMILES string of the molecule is Cc1ccoc1C(=O)NC(C)c1cccc(S(N)(=O)=O)c1. The molecular weight excluding hydrogens is 292 g/mol. The number of amides is 1. The van der Waals surface area contributed by atoms with Crippen LogP contribution in [0.25, 0.3) is 0 Å². The number of rotatable bonds is 4. The first-order chi connectivity index (χ1) is 9.79. The van der Waals surface area contributed by atoms with Crippen molar-refractivity contribution < 1.29 is 17.6 Å². The summed E-state index contributed by atoms with van der Waals surface area (Å²) in [5.74, 6) is -0.115. The molecule has 0 fully saturated rings. The van der Waals surface area contributed by atoms with E-state index in [4.69, 9.17) is 9.56 Å². The quantitative estimate of drug-likeness (QED) is 0.897. The molecule has 0 aliphatic rings. The van der Waals surface area contributed by atoms with Crippen molar-refractivity contribution in [2.24, 2.45) is 5.14 Å². The van der Waals surface area contributed by atoms with E-state index in [1.807, 2.05) is 0 Å². The van der Waals surface area contributed by atoms with Gasteiger partial charge in [0.1, 0.15) is 0 Å². The molecule has 0 aliphatic carbocycles. The summed E-state index contributed by atoms with van der Waals surface area (Å²) in [5, 5.41) is 7.84. The summed E-state index contributed by atoms with van der Waals surface area (Å²) in [6, 6.07) is 7.45. The first-order valence-corrected chi connectivity index (χ1v) is 7.81. The van der Waals surface area contributed by atoms with E-state index in [2.05, 4.69) is 5.32 Å². The van der Waals surface area contributed by atoms with E-state index in [0.717, 1.165) is 5.56 Å². The van der Waals surface area contributed by atoms with Gasteiger partial charge >= 0.3 is 0 Å². The fourth-order valence-corrected chi connectivity index (χ4v) is 2.48. The van der Waals surface area contributed by atoms with Crippen molar-refractivity contribution in [2.75, 3.05) is 0 Å². The molecule has 3 N–H and O–H groups in total. The lowest BCUT2D eigenvalue weighted by molar-refractivity contribution is 0.0911. The summed E-state index contributed by atoms with van der Waals surface area (Å²) in [5.41, 5.74) is 1.37. The minimum atomic E-state index is -3.77. The highest BCUT2D eigenvalue weighted by Gasteiger charge is 2.17. The fraction of sp³-hybridized carbons (Fsp3) is 0.214. The summed E-state index contributed by atoms with van der Waals surface area (Å²) in [6.45, 7) is 3.52. The summed E-state index contributed by atoms with van der Waals surface area (Å²) >= 11 is 0. The number of hydrogen-bond acceptors (Lipinski definition) is 4. The Morgan fingerprint density at radius 3 is 2.62 bits per heavy atom. The Kier molecular flexibility index (Phi) is 4.15. The molecule has 1 aromatic carbocycles. The van der Waals surface area contributed by atoms with Crippen molar-refractivity contribution in [2.45, 2.75) is 24.8 Å². The number of primary sulfonamides is 1. The van der Waals surface area contributed by atoms with Crippen LogP contribution >= 0.6 is 0 Å². The van der Waals surface area contributed by atoms with Crippen LogP contribution in [0.15, 0.2) is 45.9 Å². The number of benzene rings is 1. The molecule has 2 aromatic rings. The number of sulfonamides is 1. The highest BCUT2D eigenvalue weighted by molar-refractivity contribution is 7.89. The highest BCUT2D eigenvalue weighted by Crippen LogP contribution is 2.18. The van der Waals surface area contributed by atoms with Crippen molar-refractivity contribution in [3.8, 4) is 0 Å². The van der Waals surface area contributed by atoms with Gasteiger partial charge in [0.25, 0.3) is 5.91 Å². The maximum absolute atomic E-state index is 12.0. The van der Waals surface area contributed by atoms with Gasteiger partial charge in [-0.15, -0.1) is 0 Å². The molecule has 21 heavy (non-hydrogen) atoms. The average molecular weight is 308 g/mol. The topological polar surface area (TPSA) is 102 Å². The molecule has 6 nitrogen and oxygen atoms in total. The van der Waals surface area contributed by atoms with Crippen LogP contribution in [0.3, 0.4) is 0 Å². The molecule has 1 heterocycles. The molecule has 1 atom stereocenters. The van der Waals surface area contributed by atoms with E-state index >= 15 is 0 Å². The van der Waals surface area contributed by atoms with E-state index in [9.17, 15) is 13.2 Å². The minimum Gasteiger partial charge on any atom is -0.459 e. The van der Waals surface area contributed by atoms with Crippen LogP contribution < -0.4 is 10.5 Å². The van der Waals surface area contributed by atoms with Gasteiger partial charge < -0.3 is 9.73 Å². The number of carbonyl (C=O) groups excluding carboxylic acids is 1. The summed E-state index contributed by atoms with van der Waals surface area (Å²) in [7, 11) is -3.77. The summed E-state index contributed by atoms with van der Waals surface area (Å²) in [6.07, 6.45) is 1.44. The van der Waals surface area contributed by atoms with Crippen molar-refractivity contribution in [1.82, 2.24) is 5.32 Å². The molecule has 0 aliphatic heterocycles. The summed E-state index contributed by atoms with van der Waals surface area (Å²) in [4.78, 5) is 12.1. The molecule has 0 saturated carbocycles. The molecular formula is C14H16N2O4S. The Morgan fingerprint density at radius 2 is 2.05 bits per heavy atom.